The van der Waals surface area contributed by atoms with Gasteiger partial charge >= 0.3 is 6.16 Å². The number of rotatable bonds is 8. The maximum atomic E-state index is 8.56. The number of para-hydroxylation sites is 1. The molecule has 3 heterocycles. The minimum absolute atomic E-state index is 0.353. The van der Waals surface area contributed by atoms with Crippen molar-refractivity contribution in [3.05, 3.63) is 59.1 Å². The molecule has 0 saturated heterocycles. The average Bonchev–Trinajstić information content (AvgIpc) is 3.57. The largest absolute Gasteiger partial charge is 0.503 e. The summed E-state index contributed by atoms with van der Waals surface area (Å²) in [7, 11) is 1.70. The van der Waals surface area contributed by atoms with Gasteiger partial charge in [0.1, 0.15) is 5.82 Å². The van der Waals surface area contributed by atoms with E-state index in [0.717, 1.165) is 64.9 Å². The van der Waals surface area contributed by atoms with Crippen molar-refractivity contribution in [3.8, 4) is 16.8 Å². The van der Waals surface area contributed by atoms with Gasteiger partial charge in [0.25, 0.3) is 0 Å². The van der Waals surface area contributed by atoms with E-state index >= 15 is 0 Å². The number of nitrogens with zero attached hydrogens (tertiary/aromatic N) is 5. The Morgan fingerprint density at radius 2 is 1.82 bits per heavy atom. The first-order valence-electron chi connectivity index (χ1n) is 12.3. The highest BCUT2D eigenvalue weighted by Crippen LogP contribution is 2.40. The summed E-state index contributed by atoms with van der Waals surface area (Å²) in [4.78, 5) is 13.6. The molecule has 4 N–H and O–H groups in total. The predicted molar refractivity (Wildman–Crippen MR) is 146 cm³/mol. The number of fused-ring (bicyclic) bond motifs is 1. The third-order valence-corrected chi connectivity index (χ3v) is 7.39. The van der Waals surface area contributed by atoms with Crippen molar-refractivity contribution in [2.24, 2.45) is 5.92 Å². The molecule has 1 aliphatic carbocycles. The van der Waals surface area contributed by atoms with Gasteiger partial charge in [-0.05, 0) is 59.7 Å². The molecule has 12 heteroatoms. The van der Waals surface area contributed by atoms with Crippen LogP contribution in [0.2, 0.25) is 0 Å². The maximum absolute atomic E-state index is 8.56. The number of ether oxygens (including phenoxy) is 2. The van der Waals surface area contributed by atoms with E-state index in [1.165, 1.54) is 0 Å². The van der Waals surface area contributed by atoms with Crippen LogP contribution in [0.5, 0.6) is 0 Å². The van der Waals surface area contributed by atoms with Crippen molar-refractivity contribution in [1.29, 1.82) is 0 Å². The molecule has 38 heavy (non-hydrogen) atoms. The number of anilines is 1. The summed E-state index contributed by atoms with van der Waals surface area (Å²) in [6.45, 7) is 2.09. The second kappa shape index (κ2) is 12.9. The molecule has 0 spiro atoms. The smallest absolute Gasteiger partial charge is 0.450 e. The molecule has 0 unspecified atom stereocenters. The predicted octanol–water partition coefficient (Wildman–Crippen LogP) is 5.09. The SMILES string of the molecule is COCCOC[C@H]1CC[C@H](c2nc3c(-c4cnn(-c5ccccc5)c4)cnn3c(N)c2Br)CC1.O=C(O)O. The fourth-order valence-corrected chi connectivity index (χ4v) is 5.25. The van der Waals surface area contributed by atoms with Crippen molar-refractivity contribution in [3.63, 3.8) is 0 Å². The van der Waals surface area contributed by atoms with Crippen LogP contribution in [0.25, 0.3) is 22.5 Å². The van der Waals surface area contributed by atoms with Crippen LogP contribution < -0.4 is 5.73 Å². The van der Waals surface area contributed by atoms with Gasteiger partial charge in [0.2, 0.25) is 0 Å². The van der Waals surface area contributed by atoms with E-state index < -0.39 is 6.16 Å². The first-order valence-corrected chi connectivity index (χ1v) is 13.1. The van der Waals surface area contributed by atoms with Crippen molar-refractivity contribution >= 4 is 33.6 Å². The normalized spacial score (nSPS) is 17.2. The molecule has 0 amide bonds. The third kappa shape index (κ3) is 6.50. The Morgan fingerprint density at radius 3 is 2.50 bits per heavy atom. The van der Waals surface area contributed by atoms with Gasteiger partial charge in [0, 0.05) is 37.0 Å². The topological polar surface area (TPSA) is 150 Å². The molecular weight excluding hydrogens is 556 g/mol. The van der Waals surface area contributed by atoms with E-state index in [0.29, 0.717) is 30.9 Å². The fraction of sp³-hybridized carbons (Fsp3) is 0.385. The molecule has 1 saturated carbocycles. The molecule has 1 fully saturated rings. The monoisotopic (exact) mass is 586 g/mol. The van der Waals surface area contributed by atoms with Crippen LogP contribution in [0.4, 0.5) is 10.6 Å². The first kappa shape index (κ1) is 27.6. The van der Waals surface area contributed by atoms with Gasteiger partial charge in [-0.2, -0.15) is 14.7 Å². The zero-order valence-electron chi connectivity index (χ0n) is 21.0. The van der Waals surface area contributed by atoms with Crippen molar-refractivity contribution < 1.29 is 24.5 Å². The zero-order chi connectivity index (χ0) is 27.1. The number of benzene rings is 1. The minimum atomic E-state index is -1.83. The number of nitrogens with two attached hydrogens (primary N) is 1. The van der Waals surface area contributed by atoms with Gasteiger partial charge in [0.05, 0.1) is 41.5 Å². The van der Waals surface area contributed by atoms with E-state index in [1.54, 1.807) is 11.6 Å². The van der Waals surface area contributed by atoms with E-state index in [1.807, 2.05) is 53.6 Å². The lowest BCUT2D eigenvalue weighted by Crippen LogP contribution is -2.20. The van der Waals surface area contributed by atoms with Gasteiger partial charge in [-0.1, -0.05) is 18.2 Å². The maximum Gasteiger partial charge on any atom is 0.503 e. The summed E-state index contributed by atoms with van der Waals surface area (Å²) in [6, 6.07) is 10.0. The second-order valence-electron chi connectivity index (χ2n) is 9.07. The summed E-state index contributed by atoms with van der Waals surface area (Å²) >= 11 is 3.71. The molecule has 0 radical (unpaired) electrons. The molecule has 3 aromatic heterocycles. The third-order valence-electron chi connectivity index (χ3n) is 6.58. The Hall–Kier alpha value is -3.48. The highest BCUT2D eigenvalue weighted by atomic mass is 79.9. The van der Waals surface area contributed by atoms with E-state index in [9.17, 15) is 0 Å². The molecule has 1 aromatic carbocycles. The fourth-order valence-electron chi connectivity index (χ4n) is 4.67. The Kier molecular flexibility index (Phi) is 9.32. The first-order chi connectivity index (χ1) is 18.4. The van der Waals surface area contributed by atoms with Gasteiger partial charge in [0.15, 0.2) is 5.65 Å². The molecule has 202 valence electrons. The Morgan fingerprint density at radius 1 is 1.11 bits per heavy atom. The zero-order valence-corrected chi connectivity index (χ0v) is 22.6. The van der Waals surface area contributed by atoms with E-state index in [4.69, 9.17) is 35.2 Å². The van der Waals surface area contributed by atoms with Crippen molar-refractivity contribution in [2.45, 2.75) is 31.6 Å². The van der Waals surface area contributed by atoms with Gasteiger partial charge in [-0.15, -0.1) is 0 Å². The van der Waals surface area contributed by atoms with Gasteiger partial charge < -0.3 is 25.4 Å². The molecule has 0 aliphatic heterocycles. The van der Waals surface area contributed by atoms with E-state index in [-0.39, 0.29) is 0 Å². The highest BCUT2D eigenvalue weighted by molar-refractivity contribution is 9.10. The molecule has 11 nitrogen and oxygen atoms in total. The quantitative estimate of drug-likeness (QED) is 0.240. The molecule has 4 aromatic rings. The number of halogens is 1. The molecule has 0 bridgehead atoms. The summed E-state index contributed by atoms with van der Waals surface area (Å²) in [5.74, 6) is 1.51. The van der Waals surface area contributed by atoms with Crippen LogP contribution in [0.3, 0.4) is 0 Å². The van der Waals surface area contributed by atoms with Crippen molar-refractivity contribution in [1.82, 2.24) is 24.4 Å². The number of hydrogen-bond acceptors (Lipinski definition) is 7. The number of carboxylic acid groups (broad SMARTS) is 2. The number of nitrogen functional groups attached to an aromatic ring is 1. The Labute approximate surface area is 228 Å². The standard InChI is InChI=1S/C25H29BrN6O2.CH2O3/c1-33-11-12-34-16-17-7-9-18(10-8-17)23-22(26)24(27)32-25(30-23)21(14-29-32)19-13-28-31(15-19)20-5-3-2-4-6-20;2-1(3)4/h2-6,13-15,17-18H,7-12,16,27H2,1H3;(H2,2,3,4)/t17-,18-;. The lowest BCUT2D eigenvalue weighted by Gasteiger charge is -2.28. The molecule has 1 aliphatic rings. The summed E-state index contributed by atoms with van der Waals surface area (Å²) in [5.41, 5.74) is 11.1. The Balaban J connectivity index is 0.000000786. The Bertz CT molecular complexity index is 1350. The molecule has 5 rings (SSSR count). The van der Waals surface area contributed by atoms with Gasteiger partial charge in [-0.3, -0.25) is 0 Å². The van der Waals surface area contributed by atoms with Gasteiger partial charge in [-0.25, -0.2) is 14.5 Å². The second-order valence-corrected chi connectivity index (χ2v) is 9.86. The number of aromatic nitrogens is 5. The van der Waals surface area contributed by atoms with E-state index in [2.05, 4.69) is 26.1 Å². The minimum Gasteiger partial charge on any atom is -0.450 e. The highest BCUT2D eigenvalue weighted by Gasteiger charge is 2.27. The van der Waals surface area contributed by atoms with Crippen LogP contribution >= 0.6 is 15.9 Å². The summed E-state index contributed by atoms with van der Waals surface area (Å²) in [5, 5.41) is 23.0. The summed E-state index contributed by atoms with van der Waals surface area (Å²) < 4.78 is 15.2. The lowest BCUT2D eigenvalue weighted by molar-refractivity contribution is 0.0424. The average molecular weight is 587 g/mol. The van der Waals surface area contributed by atoms with Crippen molar-refractivity contribution in [2.75, 3.05) is 32.7 Å². The van der Waals surface area contributed by atoms with Crippen LogP contribution in [0, 0.1) is 5.92 Å². The van der Waals surface area contributed by atoms with Crippen LogP contribution in [-0.4, -0.2) is 67.7 Å². The van der Waals surface area contributed by atoms with Crippen LogP contribution in [-0.2, 0) is 9.47 Å². The van der Waals surface area contributed by atoms with Crippen LogP contribution in [0.1, 0.15) is 37.3 Å². The number of hydrogen-bond donors (Lipinski definition) is 3. The summed E-state index contributed by atoms with van der Waals surface area (Å²) in [6.07, 6.45) is 8.19. The number of carbonyl (C=O) groups is 1. The molecule has 0 atom stereocenters. The molecular formula is C26H31BrN6O5. The lowest BCUT2D eigenvalue weighted by atomic mass is 9.80. The number of methoxy groups -OCH3 is 1. The van der Waals surface area contributed by atoms with Crippen LogP contribution in [0.15, 0.2) is 53.4 Å².